The summed E-state index contributed by atoms with van der Waals surface area (Å²) in [6, 6.07) is 21.1. The van der Waals surface area contributed by atoms with Crippen LogP contribution in [-0.4, -0.2) is 67.9 Å². The summed E-state index contributed by atoms with van der Waals surface area (Å²) in [4.78, 5) is 49.6. The Morgan fingerprint density at radius 1 is 1.00 bits per heavy atom. The van der Waals surface area contributed by atoms with Gasteiger partial charge in [-0.3, -0.25) is 19.2 Å². The molecule has 0 unspecified atom stereocenters. The van der Waals surface area contributed by atoms with Gasteiger partial charge in [-0.25, -0.2) is 0 Å². The minimum Gasteiger partial charge on any atom is -0.465 e. The van der Waals surface area contributed by atoms with E-state index in [0.717, 1.165) is 28.9 Å². The molecule has 2 N–H and O–H groups in total. The number of nitrogens with one attached hydrogen (secondary N) is 1. The molecule has 4 aromatic rings. The SMILES string of the molecule is CC(O)(c1cccs1)c1cccs1.CCCN1CCC2(CC1)CC(OC=O)C2.CN(C=O)c1cccc(C(=O)Nc2ccc(C=O)cc2)c1. The van der Waals surface area contributed by atoms with Crippen LogP contribution in [0.3, 0.4) is 0 Å². The smallest absolute Gasteiger partial charge is 0.293 e. The number of nitrogens with zero attached hydrogens (tertiary/aromatic N) is 2. The zero-order chi connectivity index (χ0) is 35.3. The molecule has 1 spiro atoms. The van der Waals surface area contributed by atoms with E-state index >= 15 is 0 Å². The number of hydrogen-bond donors (Lipinski definition) is 2. The maximum absolute atomic E-state index is 12.1. The third-order valence-electron chi connectivity index (χ3n) is 9.01. The van der Waals surface area contributed by atoms with Crippen LogP contribution in [0.1, 0.15) is 76.4 Å². The number of rotatable bonds is 11. The fraction of sp³-hybridized carbons (Fsp3) is 0.368. The van der Waals surface area contributed by atoms with Gasteiger partial charge in [0.05, 0.1) is 0 Å². The van der Waals surface area contributed by atoms with Gasteiger partial charge < -0.3 is 25.0 Å². The minimum absolute atomic E-state index is 0.222. The average Bonchev–Trinajstić information content (AvgIpc) is 3.86. The summed E-state index contributed by atoms with van der Waals surface area (Å²) in [5.74, 6) is -0.282. The Hall–Kier alpha value is -4.16. The maximum Gasteiger partial charge on any atom is 0.293 e. The lowest BCUT2D eigenvalue weighted by molar-refractivity contribution is -0.149. The van der Waals surface area contributed by atoms with E-state index in [1.165, 1.54) is 43.8 Å². The van der Waals surface area contributed by atoms with Crippen LogP contribution in [0.25, 0.3) is 0 Å². The first-order chi connectivity index (χ1) is 23.6. The van der Waals surface area contributed by atoms with E-state index in [2.05, 4.69) is 17.1 Å². The van der Waals surface area contributed by atoms with Gasteiger partial charge in [0.1, 0.15) is 18.0 Å². The number of ether oxygens (including phenoxy) is 1. The van der Waals surface area contributed by atoms with Crippen molar-refractivity contribution in [1.29, 1.82) is 0 Å². The molecule has 0 atom stereocenters. The minimum atomic E-state index is -0.817. The lowest BCUT2D eigenvalue weighted by atomic mass is 9.61. The third-order valence-corrected chi connectivity index (χ3v) is 11.2. The Kier molecular flexibility index (Phi) is 13.8. The van der Waals surface area contributed by atoms with E-state index in [0.29, 0.717) is 40.8 Å². The third kappa shape index (κ3) is 10.4. The topological polar surface area (TPSA) is 116 Å². The first-order valence-corrected chi connectivity index (χ1v) is 18.2. The highest BCUT2D eigenvalue weighted by molar-refractivity contribution is 7.11. The molecule has 3 heterocycles. The first kappa shape index (κ1) is 37.7. The summed E-state index contributed by atoms with van der Waals surface area (Å²) in [6.45, 7) is 8.39. The number of hydrogen-bond acceptors (Lipinski definition) is 9. The molecule has 2 aromatic heterocycles. The van der Waals surface area contributed by atoms with Gasteiger partial charge >= 0.3 is 0 Å². The monoisotopic (exact) mass is 703 g/mol. The van der Waals surface area contributed by atoms with Crippen LogP contribution in [0.4, 0.5) is 11.4 Å². The van der Waals surface area contributed by atoms with Gasteiger partial charge in [-0.2, -0.15) is 0 Å². The van der Waals surface area contributed by atoms with Crippen LogP contribution >= 0.6 is 22.7 Å². The van der Waals surface area contributed by atoms with Crippen molar-refractivity contribution in [1.82, 2.24) is 4.90 Å². The number of aliphatic hydroxyl groups is 1. The number of piperidine rings is 1. The highest BCUT2D eigenvalue weighted by atomic mass is 32.1. The Balaban J connectivity index is 0.000000171. The standard InChI is InChI=1S/C16H14N2O3.C12H21NO2.C10H10OS2/c1-18(11-20)15-4-2-3-13(9-15)16(21)17-14-7-5-12(10-19)6-8-14;1-2-5-13-6-3-12(4-7-13)8-11(9-12)15-10-14;1-10(11,8-4-2-6-12-8)9-5-3-7-13-9/h2-11H,1H3,(H,17,21);10-11H,2-9H2,1H3;2-7,11H,1H3. The molecule has 1 aliphatic heterocycles. The summed E-state index contributed by atoms with van der Waals surface area (Å²) < 4.78 is 4.99. The average molecular weight is 704 g/mol. The lowest BCUT2D eigenvalue weighted by Crippen LogP contribution is -2.49. The van der Waals surface area contributed by atoms with Gasteiger partial charge in [0.25, 0.3) is 12.4 Å². The van der Waals surface area contributed by atoms with Crippen molar-refractivity contribution >= 4 is 59.1 Å². The van der Waals surface area contributed by atoms with E-state index in [1.54, 1.807) is 78.3 Å². The van der Waals surface area contributed by atoms with E-state index in [-0.39, 0.29) is 12.0 Å². The Morgan fingerprint density at radius 3 is 2.14 bits per heavy atom. The number of thiophene rings is 2. The Bertz CT molecular complexity index is 1570. The second-order valence-corrected chi connectivity index (χ2v) is 14.5. The lowest BCUT2D eigenvalue weighted by Gasteiger charge is -2.51. The molecule has 6 rings (SSSR count). The predicted octanol–water partition coefficient (Wildman–Crippen LogP) is 7.22. The van der Waals surface area contributed by atoms with Crippen molar-refractivity contribution in [3.63, 3.8) is 0 Å². The van der Waals surface area contributed by atoms with E-state index in [9.17, 15) is 24.3 Å². The molecule has 2 aliphatic rings. The number of carbonyl (C=O) groups excluding carboxylic acids is 4. The van der Waals surface area contributed by atoms with Crippen molar-refractivity contribution in [3.05, 3.63) is 104 Å². The zero-order valence-corrected chi connectivity index (χ0v) is 29.9. The quantitative estimate of drug-likeness (QED) is 0.159. The molecule has 2 fully saturated rings. The normalized spacial score (nSPS) is 15.3. The molecule has 49 heavy (non-hydrogen) atoms. The van der Waals surface area contributed by atoms with Crippen LogP contribution in [0, 0.1) is 5.41 Å². The predicted molar refractivity (Wildman–Crippen MR) is 197 cm³/mol. The van der Waals surface area contributed by atoms with Crippen molar-refractivity contribution in [3.8, 4) is 0 Å². The fourth-order valence-corrected chi connectivity index (χ4v) is 7.73. The molecule has 0 radical (unpaired) electrons. The van der Waals surface area contributed by atoms with Crippen LogP contribution in [-0.2, 0) is 19.9 Å². The molecule has 2 amide bonds. The molecular formula is C38H45N3O6S2. The Morgan fingerprint density at radius 2 is 1.63 bits per heavy atom. The molecule has 9 nitrogen and oxygen atoms in total. The molecule has 1 saturated carbocycles. The number of carbonyl (C=O) groups is 4. The van der Waals surface area contributed by atoms with Gasteiger partial charge in [-0.05, 0) is 129 Å². The summed E-state index contributed by atoms with van der Waals surface area (Å²) in [6.07, 6.45) is 7.69. The molecule has 260 valence electrons. The van der Waals surface area contributed by atoms with Crippen molar-refractivity contribution in [2.24, 2.45) is 5.41 Å². The molecule has 0 bridgehead atoms. The summed E-state index contributed by atoms with van der Waals surface area (Å²) in [7, 11) is 1.61. The number of anilines is 2. The number of aldehydes is 1. The van der Waals surface area contributed by atoms with Crippen LogP contribution in [0.5, 0.6) is 0 Å². The molecule has 1 aliphatic carbocycles. The summed E-state index contributed by atoms with van der Waals surface area (Å²) in [5.41, 5.74) is 1.93. The number of benzene rings is 2. The van der Waals surface area contributed by atoms with Crippen LogP contribution < -0.4 is 10.2 Å². The molecule has 2 aromatic carbocycles. The van der Waals surface area contributed by atoms with E-state index < -0.39 is 5.60 Å². The number of likely N-dealkylation sites (tertiary alicyclic amines) is 1. The second kappa shape index (κ2) is 18.0. The van der Waals surface area contributed by atoms with Crippen molar-refractivity contribution in [2.75, 3.05) is 36.9 Å². The summed E-state index contributed by atoms with van der Waals surface area (Å²) in [5, 5.41) is 17.0. The van der Waals surface area contributed by atoms with Gasteiger partial charge in [0, 0.05) is 39.3 Å². The van der Waals surface area contributed by atoms with E-state index in [1.807, 2.05) is 41.9 Å². The molecule has 11 heteroatoms. The van der Waals surface area contributed by atoms with Gasteiger partial charge in [-0.1, -0.05) is 25.1 Å². The summed E-state index contributed by atoms with van der Waals surface area (Å²) >= 11 is 3.17. The van der Waals surface area contributed by atoms with Gasteiger partial charge in [0.15, 0.2) is 0 Å². The van der Waals surface area contributed by atoms with Gasteiger partial charge in [0.2, 0.25) is 6.41 Å². The highest BCUT2D eigenvalue weighted by Crippen LogP contribution is 2.50. The largest absolute Gasteiger partial charge is 0.465 e. The van der Waals surface area contributed by atoms with Crippen LogP contribution in [0.15, 0.2) is 83.6 Å². The van der Waals surface area contributed by atoms with Crippen LogP contribution in [0.2, 0.25) is 0 Å². The van der Waals surface area contributed by atoms with Crippen molar-refractivity contribution < 1.29 is 29.0 Å². The number of amides is 2. The molecule has 1 saturated heterocycles. The maximum atomic E-state index is 12.1. The van der Waals surface area contributed by atoms with Crippen molar-refractivity contribution in [2.45, 2.75) is 57.7 Å². The second-order valence-electron chi connectivity index (χ2n) is 12.6. The highest BCUT2D eigenvalue weighted by Gasteiger charge is 2.46. The van der Waals surface area contributed by atoms with E-state index in [4.69, 9.17) is 4.74 Å². The Labute approximate surface area is 296 Å². The first-order valence-electron chi connectivity index (χ1n) is 16.4. The fourth-order valence-electron chi connectivity index (χ4n) is 6.06. The zero-order valence-electron chi connectivity index (χ0n) is 28.2. The molecular weight excluding hydrogens is 659 g/mol. The van der Waals surface area contributed by atoms with Gasteiger partial charge in [-0.15, -0.1) is 22.7 Å².